The summed E-state index contributed by atoms with van der Waals surface area (Å²) in [4.78, 5) is 29.4. The number of nitrogens with one attached hydrogen (secondary N) is 1. The van der Waals surface area contributed by atoms with Crippen molar-refractivity contribution in [1.82, 2.24) is 24.8 Å². The maximum Gasteiger partial charge on any atom is 0.227 e. The van der Waals surface area contributed by atoms with Crippen molar-refractivity contribution >= 4 is 5.91 Å². The van der Waals surface area contributed by atoms with E-state index in [-0.39, 0.29) is 11.8 Å². The Labute approximate surface area is 171 Å². The van der Waals surface area contributed by atoms with Crippen LogP contribution < -0.4 is 0 Å². The third kappa shape index (κ3) is 4.54. The summed E-state index contributed by atoms with van der Waals surface area (Å²) >= 11 is 0. The van der Waals surface area contributed by atoms with E-state index in [1.165, 1.54) is 5.56 Å². The summed E-state index contributed by atoms with van der Waals surface area (Å²) < 4.78 is 0. The number of aromatic amines is 1. The normalized spacial score (nSPS) is 18.0. The molecule has 1 amide bonds. The Balaban J connectivity index is 1.59. The predicted molar refractivity (Wildman–Crippen MR) is 113 cm³/mol. The monoisotopic (exact) mass is 389 g/mol. The van der Waals surface area contributed by atoms with Gasteiger partial charge in [-0.05, 0) is 30.5 Å². The van der Waals surface area contributed by atoms with Crippen LogP contribution in [0.15, 0.2) is 61.2 Å². The van der Waals surface area contributed by atoms with Crippen LogP contribution in [0.1, 0.15) is 18.3 Å². The Hall–Kier alpha value is -2.99. The highest BCUT2D eigenvalue weighted by Crippen LogP contribution is 2.27. The van der Waals surface area contributed by atoms with Gasteiger partial charge in [-0.1, -0.05) is 30.3 Å². The van der Waals surface area contributed by atoms with Gasteiger partial charge in [0.15, 0.2) is 0 Å². The summed E-state index contributed by atoms with van der Waals surface area (Å²) in [5.41, 5.74) is 3.43. The van der Waals surface area contributed by atoms with Crippen molar-refractivity contribution in [3.8, 4) is 11.1 Å². The summed E-state index contributed by atoms with van der Waals surface area (Å²) in [5.74, 6) is 1.11. The van der Waals surface area contributed by atoms with Gasteiger partial charge in [0.2, 0.25) is 5.91 Å². The molecule has 4 rings (SSSR count). The highest BCUT2D eigenvalue weighted by atomic mass is 16.2. The minimum atomic E-state index is -0.0785. The Morgan fingerprint density at radius 1 is 1.14 bits per heavy atom. The molecule has 0 bridgehead atoms. The molecule has 3 aromatic rings. The van der Waals surface area contributed by atoms with Gasteiger partial charge in [-0.2, -0.15) is 0 Å². The number of imidazole rings is 1. The number of carbonyl (C=O) groups excluding carboxylic acids is 1. The van der Waals surface area contributed by atoms with E-state index in [1.54, 1.807) is 12.4 Å². The lowest BCUT2D eigenvalue weighted by molar-refractivity contribution is -0.134. The molecule has 6 nitrogen and oxygen atoms in total. The Bertz CT molecular complexity index is 925. The molecule has 0 spiro atoms. The molecule has 1 aliphatic rings. The van der Waals surface area contributed by atoms with Gasteiger partial charge in [-0.15, -0.1) is 0 Å². The van der Waals surface area contributed by atoms with Crippen LogP contribution in [0.4, 0.5) is 0 Å². The molecule has 29 heavy (non-hydrogen) atoms. The summed E-state index contributed by atoms with van der Waals surface area (Å²) in [6.45, 7) is 5.89. The largest absolute Gasteiger partial charge is 0.348 e. The second kappa shape index (κ2) is 9.01. The molecule has 1 N–H and O–H groups in total. The number of hydrogen-bond donors (Lipinski definition) is 1. The summed E-state index contributed by atoms with van der Waals surface area (Å²) in [6.07, 6.45) is 8.01. The Morgan fingerprint density at radius 2 is 2.03 bits per heavy atom. The Morgan fingerprint density at radius 3 is 2.79 bits per heavy atom. The first-order chi connectivity index (χ1) is 14.2. The molecule has 0 radical (unpaired) electrons. The predicted octanol–water partition coefficient (Wildman–Crippen LogP) is 2.99. The number of H-pyrrole nitrogens is 1. The van der Waals surface area contributed by atoms with Crippen LogP contribution in [0.25, 0.3) is 11.1 Å². The van der Waals surface area contributed by atoms with Gasteiger partial charge in [0.25, 0.3) is 0 Å². The molecule has 0 aliphatic carbocycles. The topological polar surface area (TPSA) is 65.1 Å². The van der Waals surface area contributed by atoms with E-state index in [0.717, 1.165) is 56.1 Å². The minimum absolute atomic E-state index is 0.0785. The fourth-order valence-corrected chi connectivity index (χ4v) is 4.08. The maximum absolute atomic E-state index is 13.2. The standard InChI is InChI=1S/C23H27N5O/c1-2-28-13-12-27(17-22-25-10-11-26-22)16-20(23(28)29)14-18-6-3-4-8-21(18)19-7-5-9-24-15-19/h3-11,15,20H,2,12-14,16-17H2,1H3,(H,25,26)/t20-/m1/s1. The fourth-order valence-electron chi connectivity index (χ4n) is 4.08. The minimum Gasteiger partial charge on any atom is -0.348 e. The lowest BCUT2D eigenvalue weighted by Crippen LogP contribution is -2.37. The average Bonchev–Trinajstić information content (AvgIpc) is 3.22. The first-order valence-corrected chi connectivity index (χ1v) is 10.2. The molecular weight excluding hydrogens is 362 g/mol. The number of rotatable bonds is 6. The molecule has 3 heterocycles. The van der Waals surface area contributed by atoms with Crippen molar-refractivity contribution in [2.24, 2.45) is 5.92 Å². The molecule has 0 unspecified atom stereocenters. The van der Waals surface area contributed by atoms with Crippen LogP contribution in [0.5, 0.6) is 0 Å². The van der Waals surface area contributed by atoms with Crippen LogP contribution >= 0.6 is 0 Å². The van der Waals surface area contributed by atoms with Crippen LogP contribution in [-0.2, 0) is 17.8 Å². The van der Waals surface area contributed by atoms with Gasteiger partial charge >= 0.3 is 0 Å². The van der Waals surface area contributed by atoms with Crippen molar-refractivity contribution in [2.75, 3.05) is 26.2 Å². The van der Waals surface area contributed by atoms with Crippen LogP contribution in [0.3, 0.4) is 0 Å². The molecule has 6 heteroatoms. The molecular formula is C23H27N5O. The van der Waals surface area contributed by atoms with Gasteiger partial charge in [-0.3, -0.25) is 14.7 Å². The molecule has 0 saturated carbocycles. The number of hydrogen-bond acceptors (Lipinski definition) is 4. The van der Waals surface area contributed by atoms with Crippen molar-refractivity contribution in [3.63, 3.8) is 0 Å². The Kier molecular flexibility index (Phi) is 6.00. The first-order valence-electron chi connectivity index (χ1n) is 10.2. The van der Waals surface area contributed by atoms with Crippen molar-refractivity contribution in [3.05, 3.63) is 72.6 Å². The van der Waals surface area contributed by atoms with E-state index in [2.05, 4.69) is 51.0 Å². The number of likely N-dealkylation sites (N-methyl/N-ethyl adjacent to an activating group) is 1. The number of benzene rings is 1. The molecule has 1 aromatic carbocycles. The van der Waals surface area contributed by atoms with Crippen LogP contribution in [0, 0.1) is 5.92 Å². The van der Waals surface area contributed by atoms with Gasteiger partial charge in [0.1, 0.15) is 5.82 Å². The summed E-state index contributed by atoms with van der Waals surface area (Å²) in [5, 5.41) is 0. The lowest BCUT2D eigenvalue weighted by Gasteiger charge is -2.24. The highest BCUT2D eigenvalue weighted by molar-refractivity contribution is 5.80. The van der Waals surface area contributed by atoms with Gasteiger partial charge in [0.05, 0.1) is 12.5 Å². The van der Waals surface area contributed by atoms with E-state index < -0.39 is 0 Å². The van der Waals surface area contributed by atoms with E-state index in [1.807, 2.05) is 29.4 Å². The maximum atomic E-state index is 13.2. The van der Waals surface area contributed by atoms with Crippen molar-refractivity contribution < 1.29 is 4.79 Å². The van der Waals surface area contributed by atoms with Crippen LogP contribution in [0.2, 0.25) is 0 Å². The van der Waals surface area contributed by atoms with Crippen LogP contribution in [-0.4, -0.2) is 56.8 Å². The number of nitrogens with zero attached hydrogens (tertiary/aromatic N) is 4. The molecule has 2 aromatic heterocycles. The zero-order valence-corrected chi connectivity index (χ0v) is 16.8. The first kappa shape index (κ1) is 19.3. The number of carbonyl (C=O) groups is 1. The molecule has 1 atom stereocenters. The molecule has 150 valence electrons. The highest BCUT2D eigenvalue weighted by Gasteiger charge is 2.30. The molecule has 1 fully saturated rings. The molecule has 1 aliphatic heterocycles. The van der Waals surface area contributed by atoms with E-state index in [4.69, 9.17) is 0 Å². The zero-order valence-electron chi connectivity index (χ0n) is 16.8. The summed E-state index contributed by atoms with van der Waals surface area (Å²) in [7, 11) is 0. The van der Waals surface area contributed by atoms with Gasteiger partial charge in [0, 0.05) is 56.5 Å². The van der Waals surface area contributed by atoms with E-state index in [9.17, 15) is 4.79 Å². The summed E-state index contributed by atoms with van der Waals surface area (Å²) in [6, 6.07) is 12.4. The average molecular weight is 390 g/mol. The number of amides is 1. The third-order valence-electron chi connectivity index (χ3n) is 5.59. The van der Waals surface area contributed by atoms with E-state index >= 15 is 0 Å². The van der Waals surface area contributed by atoms with Crippen molar-refractivity contribution in [2.45, 2.75) is 19.9 Å². The van der Waals surface area contributed by atoms with Gasteiger partial charge in [-0.25, -0.2) is 4.98 Å². The number of aromatic nitrogens is 3. The van der Waals surface area contributed by atoms with E-state index in [0.29, 0.717) is 0 Å². The lowest BCUT2D eigenvalue weighted by atomic mass is 9.91. The molecule has 1 saturated heterocycles. The SMILES string of the molecule is CCN1CCN(Cc2ncc[nH]2)C[C@@H](Cc2ccccc2-c2cccnc2)C1=O. The van der Waals surface area contributed by atoms with Crippen molar-refractivity contribution in [1.29, 1.82) is 0 Å². The third-order valence-corrected chi connectivity index (χ3v) is 5.59. The zero-order chi connectivity index (χ0) is 20.1. The number of pyridine rings is 1. The van der Waals surface area contributed by atoms with Gasteiger partial charge < -0.3 is 9.88 Å². The second-order valence-corrected chi connectivity index (χ2v) is 7.49. The smallest absolute Gasteiger partial charge is 0.227 e. The second-order valence-electron chi connectivity index (χ2n) is 7.49. The quantitative estimate of drug-likeness (QED) is 0.704. The fraction of sp³-hybridized carbons (Fsp3) is 0.348.